The monoisotopic (exact) mass is 428 g/mol. The summed E-state index contributed by atoms with van der Waals surface area (Å²) in [6, 6.07) is 13.3. The first-order valence-corrected chi connectivity index (χ1v) is 8.63. The topological polar surface area (TPSA) is 75.1 Å². The van der Waals surface area contributed by atoms with E-state index < -0.39 is 11.4 Å². The highest BCUT2D eigenvalue weighted by atomic mass is 79.9. The second-order valence-corrected chi connectivity index (χ2v) is 6.44. The molecule has 0 radical (unpaired) electrons. The van der Waals surface area contributed by atoms with Crippen molar-refractivity contribution in [2.24, 2.45) is 0 Å². The summed E-state index contributed by atoms with van der Waals surface area (Å²) < 4.78 is 25.3. The second-order valence-electron chi connectivity index (χ2n) is 5.58. The van der Waals surface area contributed by atoms with Crippen molar-refractivity contribution in [1.29, 1.82) is 5.26 Å². The zero-order valence-electron chi connectivity index (χ0n) is 14.5. The van der Waals surface area contributed by atoms with E-state index in [4.69, 9.17) is 9.47 Å². The van der Waals surface area contributed by atoms with Crippen LogP contribution in [0, 0.1) is 17.1 Å². The Labute approximate surface area is 163 Å². The van der Waals surface area contributed by atoms with E-state index in [1.807, 2.05) is 6.07 Å². The number of methoxy groups -OCH3 is 2. The Morgan fingerprint density at radius 3 is 2.48 bits per heavy atom. The molecule has 5 nitrogen and oxygen atoms in total. The number of H-pyrrole nitrogens is 1. The summed E-state index contributed by atoms with van der Waals surface area (Å²) in [5.41, 5.74) is 0.675. The van der Waals surface area contributed by atoms with Crippen molar-refractivity contribution in [2.75, 3.05) is 14.2 Å². The van der Waals surface area contributed by atoms with Gasteiger partial charge in [0.05, 0.1) is 18.7 Å². The molecule has 136 valence electrons. The van der Waals surface area contributed by atoms with Crippen molar-refractivity contribution >= 4 is 15.9 Å². The number of nitriles is 1. The molecule has 0 amide bonds. The lowest BCUT2D eigenvalue weighted by atomic mass is 9.98. The summed E-state index contributed by atoms with van der Waals surface area (Å²) in [5, 5.41) is 9.39. The van der Waals surface area contributed by atoms with Gasteiger partial charge in [-0.25, -0.2) is 4.39 Å². The third kappa shape index (κ3) is 3.44. The fourth-order valence-electron chi connectivity index (χ4n) is 2.75. The van der Waals surface area contributed by atoms with Crippen molar-refractivity contribution in [3.05, 3.63) is 68.7 Å². The smallest absolute Gasteiger partial charge is 0.266 e. The maximum absolute atomic E-state index is 14.6. The van der Waals surface area contributed by atoms with Gasteiger partial charge in [-0.3, -0.25) is 4.79 Å². The Hall–Kier alpha value is -3.11. The number of pyridine rings is 1. The highest BCUT2D eigenvalue weighted by molar-refractivity contribution is 9.10. The first-order valence-electron chi connectivity index (χ1n) is 7.84. The molecule has 0 bridgehead atoms. The van der Waals surface area contributed by atoms with Gasteiger partial charge in [0.15, 0.2) is 11.5 Å². The molecule has 0 unspecified atom stereocenters. The third-order valence-corrected chi connectivity index (χ3v) is 4.69. The van der Waals surface area contributed by atoms with Gasteiger partial charge in [0.25, 0.3) is 5.56 Å². The summed E-state index contributed by atoms with van der Waals surface area (Å²) in [5.74, 6) is 0.476. The number of aromatic amines is 1. The van der Waals surface area contributed by atoms with Crippen molar-refractivity contribution in [1.82, 2.24) is 4.98 Å². The lowest BCUT2D eigenvalue weighted by Crippen LogP contribution is -2.13. The molecule has 0 aliphatic heterocycles. The van der Waals surface area contributed by atoms with Gasteiger partial charge in [-0.1, -0.05) is 12.1 Å². The van der Waals surface area contributed by atoms with Crippen molar-refractivity contribution in [2.45, 2.75) is 0 Å². The van der Waals surface area contributed by atoms with Gasteiger partial charge >= 0.3 is 0 Å². The van der Waals surface area contributed by atoms with Gasteiger partial charge in [-0.05, 0) is 46.3 Å². The minimum Gasteiger partial charge on any atom is -0.493 e. The molecule has 0 saturated carbocycles. The van der Waals surface area contributed by atoms with E-state index in [0.29, 0.717) is 22.8 Å². The summed E-state index contributed by atoms with van der Waals surface area (Å²) >= 11 is 3.13. The van der Waals surface area contributed by atoms with Crippen LogP contribution in [0.25, 0.3) is 22.4 Å². The van der Waals surface area contributed by atoms with Crippen LogP contribution in [0.1, 0.15) is 5.56 Å². The highest BCUT2D eigenvalue weighted by Crippen LogP contribution is 2.34. The Balaban J connectivity index is 2.26. The maximum Gasteiger partial charge on any atom is 0.266 e. The quantitative estimate of drug-likeness (QED) is 0.663. The second kappa shape index (κ2) is 7.64. The Morgan fingerprint density at radius 1 is 1.07 bits per heavy atom. The fraction of sp³-hybridized carbons (Fsp3) is 0.100. The molecular weight excluding hydrogens is 415 g/mol. The third-order valence-electron chi connectivity index (χ3n) is 4.08. The van der Waals surface area contributed by atoms with Crippen molar-refractivity contribution in [3.63, 3.8) is 0 Å². The van der Waals surface area contributed by atoms with Crippen LogP contribution in [0.15, 0.2) is 51.7 Å². The molecule has 0 spiro atoms. The van der Waals surface area contributed by atoms with E-state index in [0.717, 1.165) is 0 Å². The predicted molar refractivity (Wildman–Crippen MR) is 103 cm³/mol. The molecule has 3 aromatic rings. The summed E-state index contributed by atoms with van der Waals surface area (Å²) in [6.07, 6.45) is 0. The number of halogens is 2. The average molecular weight is 429 g/mol. The van der Waals surface area contributed by atoms with Gasteiger partial charge in [0.2, 0.25) is 0 Å². The standard InChI is InChI=1S/C20H14BrFN2O3/c1-26-17-7-6-11(8-18(17)27-2)16-9-13(14(10-23)20(25)24-16)12-4-3-5-15(21)19(12)22/h3-9H,1-2H3,(H,24,25). The normalized spacial score (nSPS) is 10.3. The first-order chi connectivity index (χ1) is 13.0. The molecule has 27 heavy (non-hydrogen) atoms. The molecule has 1 N–H and O–H groups in total. The van der Waals surface area contributed by atoms with E-state index >= 15 is 0 Å². The lowest BCUT2D eigenvalue weighted by molar-refractivity contribution is 0.355. The molecule has 2 aromatic carbocycles. The van der Waals surface area contributed by atoms with Gasteiger partial charge in [0, 0.05) is 22.4 Å². The van der Waals surface area contributed by atoms with Gasteiger partial charge in [-0.2, -0.15) is 5.26 Å². The average Bonchev–Trinajstić information content (AvgIpc) is 2.68. The first kappa shape index (κ1) is 18.7. The number of nitrogens with one attached hydrogen (secondary N) is 1. The molecule has 3 rings (SSSR count). The van der Waals surface area contributed by atoms with E-state index in [-0.39, 0.29) is 21.2 Å². The van der Waals surface area contributed by atoms with Crippen LogP contribution in [0.3, 0.4) is 0 Å². The SMILES string of the molecule is COc1ccc(-c2cc(-c3cccc(Br)c3F)c(C#N)c(=O)[nH]2)cc1OC. The van der Waals surface area contributed by atoms with Gasteiger partial charge in [-0.15, -0.1) is 0 Å². The maximum atomic E-state index is 14.6. The minimum atomic E-state index is -0.598. The van der Waals surface area contributed by atoms with Crippen LogP contribution >= 0.6 is 15.9 Å². The Morgan fingerprint density at radius 2 is 1.81 bits per heavy atom. The molecular formula is C20H14BrFN2O3. The minimum absolute atomic E-state index is 0.156. The van der Waals surface area contributed by atoms with Crippen LogP contribution in [0.2, 0.25) is 0 Å². The zero-order chi connectivity index (χ0) is 19.6. The summed E-state index contributed by atoms with van der Waals surface area (Å²) in [7, 11) is 3.03. The lowest BCUT2D eigenvalue weighted by Gasteiger charge is -2.12. The number of hydrogen-bond acceptors (Lipinski definition) is 4. The molecule has 0 aliphatic carbocycles. The Bertz CT molecular complexity index is 1120. The van der Waals surface area contributed by atoms with Crippen LogP contribution in [-0.2, 0) is 0 Å². The molecule has 1 heterocycles. The number of nitrogens with zero attached hydrogens (tertiary/aromatic N) is 1. The van der Waals surface area contributed by atoms with Gasteiger partial charge < -0.3 is 14.5 Å². The number of hydrogen-bond donors (Lipinski definition) is 1. The van der Waals surface area contributed by atoms with Crippen molar-refractivity contribution in [3.8, 4) is 40.0 Å². The molecule has 0 atom stereocenters. The zero-order valence-corrected chi connectivity index (χ0v) is 16.1. The molecule has 0 fully saturated rings. The van der Waals surface area contributed by atoms with E-state index in [9.17, 15) is 14.4 Å². The molecule has 1 aromatic heterocycles. The van der Waals surface area contributed by atoms with E-state index in [1.54, 1.807) is 36.4 Å². The fourth-order valence-corrected chi connectivity index (χ4v) is 3.12. The number of aromatic nitrogens is 1. The number of benzene rings is 2. The molecule has 0 saturated heterocycles. The highest BCUT2D eigenvalue weighted by Gasteiger charge is 2.17. The largest absolute Gasteiger partial charge is 0.493 e. The number of ether oxygens (including phenoxy) is 2. The molecule has 0 aliphatic rings. The van der Waals surface area contributed by atoms with E-state index in [2.05, 4.69) is 20.9 Å². The summed E-state index contributed by atoms with van der Waals surface area (Å²) in [4.78, 5) is 15.1. The van der Waals surface area contributed by atoms with Crippen LogP contribution in [-0.4, -0.2) is 19.2 Å². The van der Waals surface area contributed by atoms with Crippen LogP contribution < -0.4 is 15.0 Å². The Kier molecular flexibility index (Phi) is 5.28. The van der Waals surface area contributed by atoms with Crippen LogP contribution in [0.5, 0.6) is 11.5 Å². The summed E-state index contributed by atoms with van der Waals surface area (Å²) in [6.45, 7) is 0. The molecule has 7 heteroatoms. The predicted octanol–water partition coefficient (Wildman–Crippen LogP) is 4.50. The van der Waals surface area contributed by atoms with Crippen molar-refractivity contribution < 1.29 is 13.9 Å². The number of rotatable bonds is 4. The van der Waals surface area contributed by atoms with Crippen LogP contribution in [0.4, 0.5) is 4.39 Å². The van der Waals surface area contributed by atoms with E-state index in [1.165, 1.54) is 20.3 Å². The van der Waals surface area contributed by atoms with Gasteiger partial charge in [0.1, 0.15) is 17.4 Å².